The van der Waals surface area contributed by atoms with Gasteiger partial charge in [-0.1, -0.05) is 23.2 Å². The molecule has 2 aromatic rings. The molecule has 2 aromatic carbocycles. The molecule has 23 heavy (non-hydrogen) atoms. The molecule has 0 aliphatic rings. The highest BCUT2D eigenvalue weighted by Gasteiger charge is 2.19. The molecule has 2 rings (SSSR count). The number of carbonyl (C=O) groups excluding carboxylic acids is 2. The molecule has 7 heteroatoms. The van der Waals surface area contributed by atoms with Crippen LogP contribution in [0.25, 0.3) is 0 Å². The lowest BCUT2D eigenvalue weighted by Gasteiger charge is -2.14. The van der Waals surface area contributed by atoms with Crippen molar-refractivity contribution in [3.05, 3.63) is 58.1 Å². The summed E-state index contributed by atoms with van der Waals surface area (Å²) in [6.45, 7) is 1.47. The van der Waals surface area contributed by atoms with Crippen molar-refractivity contribution >= 4 is 46.5 Å². The van der Waals surface area contributed by atoms with Crippen LogP contribution in [-0.2, 0) is 9.53 Å². The Morgan fingerprint density at radius 3 is 2.22 bits per heavy atom. The number of amides is 1. The average Bonchev–Trinajstić information content (AvgIpc) is 2.46. The number of carbonyl (C=O) groups is 2. The third-order valence-corrected chi connectivity index (χ3v) is 3.37. The van der Waals surface area contributed by atoms with E-state index in [1.165, 1.54) is 19.1 Å². The van der Waals surface area contributed by atoms with Crippen molar-refractivity contribution in [2.75, 3.05) is 11.1 Å². The van der Waals surface area contributed by atoms with E-state index in [1.54, 1.807) is 30.3 Å². The first-order valence-corrected chi connectivity index (χ1v) is 7.44. The molecular weight excluding hydrogens is 339 g/mol. The summed E-state index contributed by atoms with van der Waals surface area (Å²) in [6.07, 6.45) is -0.988. The Hall–Kier alpha value is -2.24. The molecule has 0 aromatic heterocycles. The molecule has 1 atom stereocenters. The van der Waals surface area contributed by atoms with Gasteiger partial charge in [-0.3, -0.25) is 4.79 Å². The third-order valence-electron chi connectivity index (χ3n) is 2.93. The van der Waals surface area contributed by atoms with Crippen molar-refractivity contribution < 1.29 is 14.3 Å². The van der Waals surface area contributed by atoms with E-state index < -0.39 is 18.0 Å². The van der Waals surface area contributed by atoms with Crippen molar-refractivity contribution in [3.63, 3.8) is 0 Å². The Morgan fingerprint density at radius 1 is 1.09 bits per heavy atom. The van der Waals surface area contributed by atoms with Gasteiger partial charge in [0, 0.05) is 21.4 Å². The van der Waals surface area contributed by atoms with E-state index in [2.05, 4.69) is 5.32 Å². The molecule has 0 heterocycles. The van der Waals surface area contributed by atoms with Crippen LogP contribution in [0.15, 0.2) is 42.5 Å². The van der Waals surface area contributed by atoms with Crippen LogP contribution in [-0.4, -0.2) is 18.0 Å². The van der Waals surface area contributed by atoms with Crippen LogP contribution >= 0.6 is 23.2 Å². The van der Waals surface area contributed by atoms with Crippen molar-refractivity contribution in [1.82, 2.24) is 0 Å². The van der Waals surface area contributed by atoms with E-state index in [0.29, 0.717) is 27.0 Å². The fourth-order valence-corrected chi connectivity index (χ4v) is 2.30. The Kier molecular flexibility index (Phi) is 5.47. The Balaban J connectivity index is 1.99. The van der Waals surface area contributed by atoms with Crippen LogP contribution in [0.3, 0.4) is 0 Å². The molecular formula is C16H14Cl2N2O3. The first-order valence-electron chi connectivity index (χ1n) is 6.68. The molecule has 0 saturated heterocycles. The minimum atomic E-state index is -0.988. The highest BCUT2D eigenvalue weighted by atomic mass is 35.5. The lowest BCUT2D eigenvalue weighted by atomic mass is 10.2. The largest absolute Gasteiger partial charge is 0.449 e. The molecule has 0 bridgehead atoms. The number of benzene rings is 2. The number of rotatable bonds is 4. The zero-order chi connectivity index (χ0) is 17.0. The minimum absolute atomic E-state index is 0.310. The number of halogens is 2. The summed E-state index contributed by atoms with van der Waals surface area (Å²) in [4.78, 5) is 24.0. The highest BCUT2D eigenvalue weighted by Crippen LogP contribution is 2.22. The number of anilines is 2. The molecule has 1 unspecified atom stereocenters. The summed E-state index contributed by atoms with van der Waals surface area (Å²) in [5.41, 5.74) is 6.81. The van der Waals surface area contributed by atoms with Crippen molar-refractivity contribution in [1.29, 1.82) is 0 Å². The van der Waals surface area contributed by atoms with E-state index >= 15 is 0 Å². The molecule has 5 nitrogen and oxygen atoms in total. The number of hydrogen-bond acceptors (Lipinski definition) is 4. The predicted octanol–water partition coefficient (Wildman–Crippen LogP) is 3.76. The van der Waals surface area contributed by atoms with E-state index in [4.69, 9.17) is 33.7 Å². The first-order chi connectivity index (χ1) is 10.8. The molecule has 0 radical (unpaired) electrons. The standard InChI is InChI=1S/C16H14Cl2N2O3/c1-9(23-16(22)10-2-4-13(19)5-3-10)15(21)20-14-7-11(17)6-12(18)8-14/h2-9H,19H2,1H3,(H,20,21). The first kappa shape index (κ1) is 17.1. The molecule has 0 aliphatic carbocycles. The fourth-order valence-electron chi connectivity index (χ4n) is 1.77. The lowest BCUT2D eigenvalue weighted by Crippen LogP contribution is -2.30. The topological polar surface area (TPSA) is 81.4 Å². The summed E-state index contributed by atoms with van der Waals surface area (Å²) in [5.74, 6) is -1.11. The number of hydrogen-bond donors (Lipinski definition) is 2. The van der Waals surface area contributed by atoms with Gasteiger partial charge in [-0.15, -0.1) is 0 Å². The summed E-state index contributed by atoms with van der Waals surface area (Å²) < 4.78 is 5.11. The van der Waals surface area contributed by atoms with Crippen LogP contribution in [0.1, 0.15) is 17.3 Å². The van der Waals surface area contributed by atoms with Gasteiger partial charge in [0.05, 0.1) is 5.56 Å². The van der Waals surface area contributed by atoms with Crippen molar-refractivity contribution in [2.24, 2.45) is 0 Å². The van der Waals surface area contributed by atoms with Gasteiger partial charge in [0.15, 0.2) is 6.10 Å². The smallest absolute Gasteiger partial charge is 0.338 e. The Labute approximate surface area is 143 Å². The van der Waals surface area contributed by atoms with Crippen LogP contribution in [0, 0.1) is 0 Å². The number of nitrogens with two attached hydrogens (primary N) is 1. The second-order valence-corrected chi connectivity index (χ2v) is 5.69. The van der Waals surface area contributed by atoms with Gasteiger partial charge in [0.25, 0.3) is 5.91 Å². The predicted molar refractivity (Wildman–Crippen MR) is 90.8 cm³/mol. The normalized spacial score (nSPS) is 11.6. The van der Waals surface area contributed by atoms with Gasteiger partial charge >= 0.3 is 5.97 Å². The monoisotopic (exact) mass is 352 g/mol. The zero-order valence-electron chi connectivity index (χ0n) is 12.2. The van der Waals surface area contributed by atoms with Gasteiger partial charge in [0.2, 0.25) is 0 Å². The van der Waals surface area contributed by atoms with Gasteiger partial charge < -0.3 is 15.8 Å². The molecule has 0 aliphatic heterocycles. The number of ether oxygens (including phenoxy) is 1. The van der Waals surface area contributed by atoms with E-state index in [1.807, 2.05) is 0 Å². The highest BCUT2D eigenvalue weighted by molar-refractivity contribution is 6.35. The molecule has 120 valence electrons. The van der Waals surface area contributed by atoms with Gasteiger partial charge in [-0.05, 0) is 49.4 Å². The van der Waals surface area contributed by atoms with Crippen LogP contribution in [0.5, 0.6) is 0 Å². The third kappa shape index (κ3) is 4.87. The summed E-state index contributed by atoms with van der Waals surface area (Å²) in [7, 11) is 0. The van der Waals surface area contributed by atoms with E-state index in [9.17, 15) is 9.59 Å². The SMILES string of the molecule is CC(OC(=O)c1ccc(N)cc1)C(=O)Nc1cc(Cl)cc(Cl)c1. The Bertz CT molecular complexity index is 712. The molecule has 1 amide bonds. The lowest BCUT2D eigenvalue weighted by molar-refractivity contribution is -0.123. The van der Waals surface area contributed by atoms with Crippen molar-refractivity contribution in [3.8, 4) is 0 Å². The summed E-state index contributed by atoms with van der Waals surface area (Å²) >= 11 is 11.7. The number of nitrogen functional groups attached to an aromatic ring is 1. The zero-order valence-corrected chi connectivity index (χ0v) is 13.7. The maximum Gasteiger partial charge on any atom is 0.338 e. The molecule has 3 N–H and O–H groups in total. The minimum Gasteiger partial charge on any atom is -0.449 e. The second-order valence-electron chi connectivity index (χ2n) is 4.82. The summed E-state index contributed by atoms with van der Waals surface area (Å²) in [6, 6.07) is 10.8. The van der Waals surface area contributed by atoms with Crippen LogP contribution in [0.4, 0.5) is 11.4 Å². The van der Waals surface area contributed by atoms with Gasteiger partial charge in [-0.2, -0.15) is 0 Å². The Morgan fingerprint density at radius 2 is 1.65 bits per heavy atom. The molecule has 0 spiro atoms. The van der Waals surface area contributed by atoms with E-state index in [-0.39, 0.29) is 0 Å². The maximum absolute atomic E-state index is 12.1. The fraction of sp³-hybridized carbons (Fsp3) is 0.125. The second kappa shape index (κ2) is 7.35. The van der Waals surface area contributed by atoms with Crippen LogP contribution in [0.2, 0.25) is 10.0 Å². The summed E-state index contributed by atoms with van der Waals surface area (Å²) in [5, 5.41) is 3.36. The molecule has 0 fully saturated rings. The van der Waals surface area contributed by atoms with Crippen molar-refractivity contribution in [2.45, 2.75) is 13.0 Å². The number of esters is 1. The maximum atomic E-state index is 12.1. The quantitative estimate of drug-likeness (QED) is 0.648. The molecule has 0 saturated carbocycles. The average molecular weight is 353 g/mol. The van der Waals surface area contributed by atoms with Crippen LogP contribution < -0.4 is 11.1 Å². The van der Waals surface area contributed by atoms with E-state index in [0.717, 1.165) is 0 Å². The van der Waals surface area contributed by atoms with Gasteiger partial charge in [-0.25, -0.2) is 4.79 Å². The number of nitrogens with one attached hydrogen (secondary N) is 1. The van der Waals surface area contributed by atoms with Gasteiger partial charge in [0.1, 0.15) is 0 Å².